The van der Waals surface area contributed by atoms with Crippen LogP contribution in [-0.2, 0) is 10.0 Å². The molecule has 1 aromatic rings. The second-order valence-corrected chi connectivity index (χ2v) is 5.71. The van der Waals surface area contributed by atoms with E-state index in [0.717, 1.165) is 6.07 Å². The highest BCUT2D eigenvalue weighted by molar-refractivity contribution is 7.89. The summed E-state index contributed by atoms with van der Waals surface area (Å²) in [7, 11) is -3.94. The topological polar surface area (TPSA) is 110 Å². The van der Waals surface area contributed by atoms with E-state index < -0.39 is 26.7 Å². The van der Waals surface area contributed by atoms with E-state index in [0.29, 0.717) is 6.42 Å². The lowest BCUT2D eigenvalue weighted by Crippen LogP contribution is -2.27. The Bertz CT molecular complexity index is 544. The van der Waals surface area contributed by atoms with Crippen LogP contribution in [0.5, 0.6) is 0 Å². The molecule has 19 heavy (non-hydrogen) atoms. The molecule has 0 amide bonds. The third kappa shape index (κ3) is 4.27. The van der Waals surface area contributed by atoms with Crippen LogP contribution >= 0.6 is 0 Å². The van der Waals surface area contributed by atoms with Crippen LogP contribution in [0.3, 0.4) is 0 Å². The number of hydrogen-bond donors (Lipinski definition) is 2. The number of sulfonamides is 1. The number of aliphatic hydroxyl groups is 1. The monoisotopic (exact) mass is 288 g/mol. The summed E-state index contributed by atoms with van der Waals surface area (Å²) < 4.78 is 26.1. The molecule has 8 heteroatoms. The number of para-hydroxylation sites is 1. The molecule has 2 N–H and O–H groups in total. The number of nitro benzene ring substituents is 1. The minimum Gasteiger partial charge on any atom is -0.393 e. The van der Waals surface area contributed by atoms with Crippen LogP contribution in [0.4, 0.5) is 5.69 Å². The van der Waals surface area contributed by atoms with Gasteiger partial charge in [0.05, 0.1) is 11.0 Å². The van der Waals surface area contributed by atoms with Crippen molar-refractivity contribution in [1.29, 1.82) is 0 Å². The summed E-state index contributed by atoms with van der Waals surface area (Å²) in [4.78, 5) is 9.66. The summed E-state index contributed by atoms with van der Waals surface area (Å²) >= 11 is 0. The first kappa shape index (κ1) is 15.5. The molecule has 0 fully saturated rings. The van der Waals surface area contributed by atoms with Crippen LogP contribution in [0, 0.1) is 10.1 Å². The van der Waals surface area contributed by atoms with Gasteiger partial charge in [0.25, 0.3) is 5.69 Å². The Morgan fingerprint density at radius 3 is 2.63 bits per heavy atom. The molecule has 1 unspecified atom stereocenters. The second kappa shape index (κ2) is 6.60. The van der Waals surface area contributed by atoms with Gasteiger partial charge in [0.15, 0.2) is 4.90 Å². The van der Waals surface area contributed by atoms with Gasteiger partial charge in [-0.15, -0.1) is 0 Å². The molecule has 106 valence electrons. The molecular formula is C11H16N2O5S. The smallest absolute Gasteiger partial charge is 0.289 e. The van der Waals surface area contributed by atoms with Crippen molar-refractivity contribution in [3.8, 4) is 0 Å². The van der Waals surface area contributed by atoms with Crippen LogP contribution in [0.25, 0.3) is 0 Å². The van der Waals surface area contributed by atoms with Gasteiger partial charge < -0.3 is 5.11 Å². The first-order valence-corrected chi connectivity index (χ1v) is 7.28. The molecule has 1 atom stereocenters. The predicted molar refractivity (Wildman–Crippen MR) is 69.2 cm³/mol. The maximum absolute atomic E-state index is 11.9. The van der Waals surface area contributed by atoms with E-state index in [1.54, 1.807) is 6.92 Å². The van der Waals surface area contributed by atoms with Crippen molar-refractivity contribution in [3.63, 3.8) is 0 Å². The van der Waals surface area contributed by atoms with Gasteiger partial charge in [0.2, 0.25) is 10.0 Å². The van der Waals surface area contributed by atoms with Crippen molar-refractivity contribution < 1.29 is 18.4 Å². The van der Waals surface area contributed by atoms with E-state index in [9.17, 15) is 23.6 Å². The molecule has 0 aromatic heterocycles. The minimum absolute atomic E-state index is 0.0311. The average molecular weight is 288 g/mol. The highest BCUT2D eigenvalue weighted by Gasteiger charge is 2.24. The molecule has 7 nitrogen and oxygen atoms in total. The molecule has 0 bridgehead atoms. The van der Waals surface area contributed by atoms with Crippen LogP contribution < -0.4 is 4.72 Å². The molecule has 0 saturated heterocycles. The van der Waals surface area contributed by atoms with Crippen LogP contribution in [-0.4, -0.2) is 31.1 Å². The van der Waals surface area contributed by atoms with E-state index in [-0.39, 0.29) is 17.9 Å². The number of nitrogens with zero attached hydrogens (tertiary/aromatic N) is 1. The fourth-order valence-electron chi connectivity index (χ4n) is 1.48. The number of rotatable bonds is 7. The lowest BCUT2D eigenvalue weighted by atomic mass is 10.2. The molecule has 1 aromatic carbocycles. The highest BCUT2D eigenvalue weighted by Crippen LogP contribution is 2.22. The molecule has 0 spiro atoms. The molecule has 1 rings (SSSR count). The van der Waals surface area contributed by atoms with Gasteiger partial charge in [-0.3, -0.25) is 10.1 Å². The Balaban J connectivity index is 2.86. The number of benzene rings is 1. The number of nitro groups is 1. The highest BCUT2D eigenvalue weighted by atomic mass is 32.2. The predicted octanol–water partition coefficient (Wildman–Crippen LogP) is 1.03. The van der Waals surface area contributed by atoms with Crippen molar-refractivity contribution in [2.75, 3.05) is 6.54 Å². The Hall–Kier alpha value is -1.51. The van der Waals surface area contributed by atoms with Gasteiger partial charge in [-0.05, 0) is 18.9 Å². The maximum Gasteiger partial charge on any atom is 0.289 e. The van der Waals surface area contributed by atoms with Crippen molar-refractivity contribution in [2.24, 2.45) is 0 Å². The Labute approximate surface area is 111 Å². The Morgan fingerprint density at radius 1 is 1.42 bits per heavy atom. The largest absolute Gasteiger partial charge is 0.393 e. The fraction of sp³-hybridized carbons (Fsp3) is 0.455. The standard InChI is InChI=1S/C11H16N2O5S/c1-2-9(14)7-8-12-19(17,18)11-6-4-3-5-10(11)13(15)16/h3-6,9,12,14H,2,7-8H2,1H3. The van der Waals surface area contributed by atoms with Crippen molar-refractivity contribution in [2.45, 2.75) is 30.8 Å². The number of aliphatic hydroxyl groups excluding tert-OH is 1. The maximum atomic E-state index is 11.9. The lowest BCUT2D eigenvalue weighted by Gasteiger charge is -2.09. The van der Waals surface area contributed by atoms with Gasteiger partial charge in [0, 0.05) is 12.6 Å². The number of hydrogen-bond acceptors (Lipinski definition) is 5. The summed E-state index contributed by atoms with van der Waals surface area (Å²) in [6.07, 6.45) is 0.192. The van der Waals surface area contributed by atoms with E-state index in [1.165, 1.54) is 18.2 Å². The molecule has 0 radical (unpaired) electrons. The zero-order chi connectivity index (χ0) is 14.5. The third-order valence-corrected chi connectivity index (χ3v) is 4.10. The van der Waals surface area contributed by atoms with Crippen molar-refractivity contribution in [3.05, 3.63) is 34.4 Å². The first-order chi connectivity index (χ1) is 8.88. The van der Waals surface area contributed by atoms with Crippen LogP contribution in [0.15, 0.2) is 29.2 Å². The average Bonchev–Trinajstić information content (AvgIpc) is 2.38. The van der Waals surface area contributed by atoms with E-state index in [2.05, 4.69) is 4.72 Å². The van der Waals surface area contributed by atoms with Gasteiger partial charge in [-0.1, -0.05) is 19.1 Å². The molecule has 0 aliphatic heterocycles. The first-order valence-electron chi connectivity index (χ1n) is 5.79. The van der Waals surface area contributed by atoms with E-state index in [1.807, 2.05) is 0 Å². The van der Waals surface area contributed by atoms with Gasteiger partial charge in [-0.2, -0.15) is 0 Å². The molecule has 0 aliphatic rings. The Kier molecular flexibility index (Phi) is 5.40. The Morgan fingerprint density at radius 2 is 2.05 bits per heavy atom. The quantitative estimate of drug-likeness (QED) is 0.575. The second-order valence-electron chi connectivity index (χ2n) is 3.97. The SMILES string of the molecule is CCC(O)CCNS(=O)(=O)c1ccccc1[N+](=O)[O-]. The van der Waals surface area contributed by atoms with E-state index in [4.69, 9.17) is 0 Å². The van der Waals surface area contributed by atoms with Crippen molar-refractivity contribution in [1.82, 2.24) is 4.72 Å². The van der Waals surface area contributed by atoms with Gasteiger partial charge in [0.1, 0.15) is 0 Å². The summed E-state index contributed by atoms with van der Waals surface area (Å²) in [6.45, 7) is 1.81. The summed E-state index contributed by atoms with van der Waals surface area (Å²) in [5, 5.41) is 20.1. The summed E-state index contributed by atoms with van der Waals surface area (Å²) in [5.41, 5.74) is -0.467. The van der Waals surface area contributed by atoms with Crippen LogP contribution in [0.1, 0.15) is 19.8 Å². The van der Waals surface area contributed by atoms with Gasteiger partial charge >= 0.3 is 0 Å². The summed E-state index contributed by atoms with van der Waals surface area (Å²) in [5.74, 6) is 0. The third-order valence-electron chi connectivity index (χ3n) is 2.59. The fourth-order valence-corrected chi connectivity index (χ4v) is 2.69. The zero-order valence-corrected chi connectivity index (χ0v) is 11.3. The summed E-state index contributed by atoms with van der Waals surface area (Å²) in [6, 6.07) is 5.13. The lowest BCUT2D eigenvalue weighted by molar-refractivity contribution is -0.387. The molecule has 0 heterocycles. The van der Waals surface area contributed by atoms with E-state index >= 15 is 0 Å². The zero-order valence-electron chi connectivity index (χ0n) is 10.4. The van der Waals surface area contributed by atoms with Crippen LogP contribution in [0.2, 0.25) is 0 Å². The molecular weight excluding hydrogens is 272 g/mol. The minimum atomic E-state index is -3.94. The number of nitrogens with one attached hydrogen (secondary N) is 1. The van der Waals surface area contributed by atoms with Crippen molar-refractivity contribution >= 4 is 15.7 Å². The molecule has 0 saturated carbocycles. The molecule has 0 aliphatic carbocycles. The van der Waals surface area contributed by atoms with Gasteiger partial charge in [-0.25, -0.2) is 13.1 Å². The normalized spacial score (nSPS) is 13.2.